The number of hydrogen-bond acceptors (Lipinski definition) is 4. The molecule has 2 aromatic rings. The zero-order valence-corrected chi connectivity index (χ0v) is 9.04. The molecular weight excluding hydrogens is 216 g/mol. The number of rotatable bonds is 1. The van der Waals surface area contributed by atoms with Crippen LogP contribution in [0.15, 0.2) is 53.7 Å². The molecule has 2 heterocycles. The molecule has 1 aliphatic heterocycles. The average Bonchev–Trinajstić information content (AvgIpc) is 2.40. The molecule has 4 nitrogen and oxygen atoms in total. The molecule has 4 heteroatoms. The van der Waals surface area contributed by atoms with Gasteiger partial charge in [-0.1, -0.05) is 18.2 Å². The van der Waals surface area contributed by atoms with Gasteiger partial charge in [-0.2, -0.15) is 0 Å². The quantitative estimate of drug-likeness (QED) is 0.749. The van der Waals surface area contributed by atoms with Crippen LogP contribution in [0.5, 0.6) is 11.6 Å². The Morgan fingerprint density at radius 1 is 1.06 bits per heavy atom. The van der Waals surface area contributed by atoms with Crippen LogP contribution in [0, 0.1) is 0 Å². The van der Waals surface area contributed by atoms with Gasteiger partial charge in [0.1, 0.15) is 5.75 Å². The van der Waals surface area contributed by atoms with Gasteiger partial charge in [0.05, 0.1) is 5.56 Å². The van der Waals surface area contributed by atoms with E-state index in [2.05, 4.69) is 9.98 Å². The molecule has 0 unspecified atom stereocenters. The number of nitrogens with zero attached hydrogens (tertiary/aromatic N) is 2. The van der Waals surface area contributed by atoms with Crippen molar-refractivity contribution in [1.82, 2.24) is 4.98 Å². The van der Waals surface area contributed by atoms with Gasteiger partial charge in [0.25, 0.3) is 0 Å². The van der Waals surface area contributed by atoms with Crippen LogP contribution in [0.1, 0.15) is 5.56 Å². The van der Waals surface area contributed by atoms with Crippen molar-refractivity contribution in [3.8, 4) is 11.6 Å². The summed E-state index contributed by atoms with van der Waals surface area (Å²) in [5.41, 5.74) is 0.851. The predicted octanol–water partition coefficient (Wildman–Crippen LogP) is 2.26. The highest BCUT2D eigenvalue weighted by Gasteiger charge is 2.16. The smallest absolute Gasteiger partial charge is 0.231 e. The Hall–Kier alpha value is -2.36. The number of pyridine rings is 1. The molecule has 0 fully saturated rings. The highest BCUT2D eigenvalue weighted by Crippen LogP contribution is 2.23. The Balaban J connectivity index is 1.92. The molecule has 0 atom stereocenters. The first kappa shape index (κ1) is 9.84. The van der Waals surface area contributed by atoms with E-state index in [1.807, 2.05) is 36.4 Å². The van der Waals surface area contributed by atoms with Gasteiger partial charge >= 0.3 is 0 Å². The predicted molar refractivity (Wildman–Crippen MR) is 63.3 cm³/mol. The lowest BCUT2D eigenvalue weighted by Crippen LogP contribution is -2.18. The number of benzene rings is 1. The largest absolute Gasteiger partial charge is 0.470 e. The molecule has 0 amide bonds. The summed E-state index contributed by atoms with van der Waals surface area (Å²) in [5, 5.41) is 0. The van der Waals surface area contributed by atoms with Gasteiger partial charge in [-0.05, 0) is 18.2 Å². The third-order valence-electron chi connectivity index (χ3n) is 2.38. The summed E-state index contributed by atoms with van der Waals surface area (Å²) >= 11 is 0. The van der Waals surface area contributed by atoms with Gasteiger partial charge in [0.15, 0.2) is 6.73 Å². The second-order valence-corrected chi connectivity index (χ2v) is 3.50. The molecule has 0 N–H and O–H groups in total. The zero-order chi connectivity index (χ0) is 11.5. The number of ether oxygens (including phenoxy) is 2. The number of aromatic nitrogens is 1. The minimum absolute atomic E-state index is 0.277. The van der Waals surface area contributed by atoms with Gasteiger partial charge in [-0.25, -0.2) is 9.98 Å². The molecule has 1 aliphatic rings. The summed E-state index contributed by atoms with van der Waals surface area (Å²) < 4.78 is 11.0. The van der Waals surface area contributed by atoms with Crippen LogP contribution in [0.2, 0.25) is 0 Å². The zero-order valence-electron chi connectivity index (χ0n) is 9.04. The molecular formula is C13H10N2O2. The fourth-order valence-corrected chi connectivity index (χ4v) is 1.61. The van der Waals surface area contributed by atoms with Crippen LogP contribution in [-0.4, -0.2) is 17.6 Å². The maximum atomic E-state index is 5.64. The van der Waals surface area contributed by atoms with Crippen LogP contribution < -0.4 is 9.47 Å². The molecule has 3 rings (SSSR count). The van der Waals surface area contributed by atoms with Gasteiger partial charge in [-0.3, -0.25) is 0 Å². The van der Waals surface area contributed by atoms with E-state index in [-0.39, 0.29) is 6.73 Å². The van der Waals surface area contributed by atoms with Crippen molar-refractivity contribution < 1.29 is 9.47 Å². The summed E-state index contributed by atoms with van der Waals surface area (Å²) in [4.78, 5) is 8.30. The molecule has 17 heavy (non-hydrogen) atoms. The first-order valence-electron chi connectivity index (χ1n) is 5.29. The van der Waals surface area contributed by atoms with Crippen molar-refractivity contribution in [3.05, 3.63) is 54.2 Å². The molecule has 0 radical (unpaired) electrons. The van der Waals surface area contributed by atoms with Crippen molar-refractivity contribution >= 4 is 5.90 Å². The van der Waals surface area contributed by atoms with E-state index in [1.54, 1.807) is 12.3 Å². The van der Waals surface area contributed by atoms with E-state index in [4.69, 9.17) is 9.47 Å². The maximum absolute atomic E-state index is 5.64. The Morgan fingerprint density at radius 3 is 2.82 bits per heavy atom. The number of hydrogen-bond donors (Lipinski definition) is 0. The van der Waals surface area contributed by atoms with Crippen molar-refractivity contribution in [3.63, 3.8) is 0 Å². The Bertz CT molecular complexity index is 552. The standard InChI is InChI=1S/C13H10N2O2/c1-2-6-11-10(5-1)13(15-9-16-11)17-12-7-3-4-8-14-12/h1-8H,9H2. The van der Waals surface area contributed by atoms with Crippen LogP contribution in [0.25, 0.3) is 0 Å². The van der Waals surface area contributed by atoms with Crippen molar-refractivity contribution in [2.24, 2.45) is 4.99 Å². The number of para-hydroxylation sites is 1. The Morgan fingerprint density at radius 2 is 1.94 bits per heavy atom. The van der Waals surface area contributed by atoms with Crippen LogP contribution in [0.4, 0.5) is 0 Å². The molecule has 0 saturated heterocycles. The highest BCUT2D eigenvalue weighted by atomic mass is 16.5. The molecule has 0 bridgehead atoms. The SMILES string of the molecule is c1ccc(OC2=NCOc3ccccc32)nc1. The Kier molecular flexibility index (Phi) is 2.46. The fourth-order valence-electron chi connectivity index (χ4n) is 1.61. The lowest BCUT2D eigenvalue weighted by Gasteiger charge is -2.16. The molecule has 84 valence electrons. The second-order valence-electron chi connectivity index (χ2n) is 3.50. The summed E-state index contributed by atoms with van der Waals surface area (Å²) in [6.45, 7) is 0.277. The van der Waals surface area contributed by atoms with Gasteiger partial charge in [0.2, 0.25) is 11.8 Å². The van der Waals surface area contributed by atoms with E-state index in [0.717, 1.165) is 11.3 Å². The van der Waals surface area contributed by atoms with Crippen LogP contribution in [-0.2, 0) is 0 Å². The van der Waals surface area contributed by atoms with Crippen molar-refractivity contribution in [2.75, 3.05) is 6.73 Å². The minimum Gasteiger partial charge on any atom is -0.470 e. The van der Waals surface area contributed by atoms with E-state index in [1.165, 1.54) is 0 Å². The van der Waals surface area contributed by atoms with E-state index >= 15 is 0 Å². The first-order chi connectivity index (χ1) is 8.43. The van der Waals surface area contributed by atoms with Gasteiger partial charge in [0, 0.05) is 12.3 Å². The summed E-state index contributed by atoms with van der Waals surface area (Å²) in [5.74, 6) is 1.86. The monoisotopic (exact) mass is 226 g/mol. The molecule has 0 spiro atoms. The van der Waals surface area contributed by atoms with Gasteiger partial charge in [-0.15, -0.1) is 0 Å². The molecule has 1 aromatic carbocycles. The summed E-state index contributed by atoms with van der Waals surface area (Å²) in [6, 6.07) is 13.1. The lowest BCUT2D eigenvalue weighted by molar-refractivity contribution is 0.316. The van der Waals surface area contributed by atoms with Crippen LogP contribution in [0.3, 0.4) is 0 Å². The normalized spacial score (nSPS) is 13.3. The van der Waals surface area contributed by atoms with Crippen molar-refractivity contribution in [2.45, 2.75) is 0 Å². The summed E-state index contributed by atoms with van der Waals surface area (Å²) in [7, 11) is 0. The molecule has 0 aliphatic carbocycles. The van der Waals surface area contributed by atoms with E-state index in [0.29, 0.717) is 11.8 Å². The van der Waals surface area contributed by atoms with E-state index in [9.17, 15) is 0 Å². The van der Waals surface area contributed by atoms with E-state index < -0.39 is 0 Å². The first-order valence-corrected chi connectivity index (χ1v) is 5.29. The average molecular weight is 226 g/mol. The van der Waals surface area contributed by atoms with Crippen molar-refractivity contribution in [1.29, 1.82) is 0 Å². The lowest BCUT2D eigenvalue weighted by atomic mass is 10.2. The number of fused-ring (bicyclic) bond motifs is 1. The fraction of sp³-hybridized carbons (Fsp3) is 0.0769. The highest BCUT2D eigenvalue weighted by molar-refractivity contribution is 5.98. The molecule has 0 saturated carbocycles. The number of aliphatic imine (C=N–C) groups is 1. The van der Waals surface area contributed by atoms with Crippen LogP contribution >= 0.6 is 0 Å². The third kappa shape index (κ3) is 1.97. The minimum atomic E-state index is 0.277. The Labute approximate surface area is 98.6 Å². The topological polar surface area (TPSA) is 43.7 Å². The third-order valence-corrected chi connectivity index (χ3v) is 2.38. The summed E-state index contributed by atoms with van der Waals surface area (Å²) in [6.07, 6.45) is 1.68. The maximum Gasteiger partial charge on any atom is 0.231 e. The molecule has 1 aromatic heterocycles. The van der Waals surface area contributed by atoms with Gasteiger partial charge < -0.3 is 9.47 Å². The second kappa shape index (κ2) is 4.25.